The molecule has 1 rings (SSSR count). The first-order valence-electron chi connectivity index (χ1n) is 4.59. The average molecular weight is 269 g/mol. The molecule has 0 heterocycles. The Labute approximate surface area is 98.3 Å². The summed E-state index contributed by atoms with van der Waals surface area (Å²) in [6.07, 6.45) is -4.85. The molecule has 0 saturated heterocycles. The van der Waals surface area contributed by atoms with Crippen LogP contribution in [0.4, 0.5) is 27.6 Å². The third-order valence-electron chi connectivity index (χ3n) is 2.03. The summed E-state index contributed by atoms with van der Waals surface area (Å²) < 4.78 is 65.7. The van der Waals surface area contributed by atoms with E-state index in [0.717, 1.165) is 6.92 Å². The van der Waals surface area contributed by atoms with Gasteiger partial charge in [0.25, 0.3) is 0 Å². The van der Waals surface area contributed by atoms with Gasteiger partial charge in [-0.25, -0.2) is 0 Å². The molecule has 0 amide bonds. The molecule has 2 N–H and O–H groups in total. The van der Waals surface area contributed by atoms with Crippen LogP contribution in [0.1, 0.15) is 22.8 Å². The van der Waals surface area contributed by atoms with E-state index in [1.54, 1.807) is 0 Å². The lowest BCUT2D eigenvalue weighted by atomic mass is 10.0. The highest BCUT2D eigenvalue weighted by molar-refractivity contribution is 5.97. The fourth-order valence-corrected chi connectivity index (χ4v) is 1.40. The van der Waals surface area contributed by atoms with Crippen molar-refractivity contribution in [2.75, 3.05) is 5.73 Å². The summed E-state index contributed by atoms with van der Waals surface area (Å²) in [7, 11) is 0. The number of carbonyl (C=O) groups excluding carboxylic acids is 1. The van der Waals surface area contributed by atoms with Crippen LogP contribution in [0.25, 0.3) is 0 Å². The summed E-state index contributed by atoms with van der Waals surface area (Å²) in [5, 5.41) is 0. The van der Waals surface area contributed by atoms with Crippen molar-refractivity contribution in [1.82, 2.24) is 0 Å². The SMILES string of the molecule is CC(=O)c1cc(OC(F)F)cc(N)c1C(F)(F)F. The van der Waals surface area contributed by atoms with Gasteiger partial charge < -0.3 is 10.5 Å². The Morgan fingerprint density at radius 3 is 2.28 bits per heavy atom. The van der Waals surface area contributed by atoms with Crippen molar-refractivity contribution in [3.8, 4) is 5.75 Å². The molecule has 0 aliphatic heterocycles. The van der Waals surface area contributed by atoms with Crippen molar-refractivity contribution < 1.29 is 31.5 Å². The van der Waals surface area contributed by atoms with Crippen LogP contribution < -0.4 is 10.5 Å². The van der Waals surface area contributed by atoms with E-state index < -0.39 is 41.1 Å². The van der Waals surface area contributed by atoms with E-state index in [-0.39, 0.29) is 0 Å². The van der Waals surface area contributed by atoms with E-state index in [2.05, 4.69) is 4.74 Å². The minimum atomic E-state index is -4.85. The number of ketones is 1. The molecular weight excluding hydrogens is 261 g/mol. The van der Waals surface area contributed by atoms with Gasteiger partial charge in [0.15, 0.2) is 5.78 Å². The number of Topliss-reactive ketones (excluding diaryl/α,β-unsaturated/α-hetero) is 1. The van der Waals surface area contributed by atoms with Gasteiger partial charge in [-0.1, -0.05) is 0 Å². The number of hydrogen-bond acceptors (Lipinski definition) is 3. The van der Waals surface area contributed by atoms with Gasteiger partial charge in [-0.15, -0.1) is 0 Å². The van der Waals surface area contributed by atoms with Gasteiger partial charge in [0.05, 0.1) is 5.56 Å². The summed E-state index contributed by atoms with van der Waals surface area (Å²) in [6.45, 7) is -2.35. The molecule has 0 saturated carbocycles. The maximum Gasteiger partial charge on any atom is 0.419 e. The Kier molecular flexibility index (Phi) is 3.78. The second-order valence-corrected chi connectivity index (χ2v) is 3.37. The number of benzene rings is 1. The van der Waals surface area contributed by atoms with Crippen LogP contribution in [0.15, 0.2) is 12.1 Å². The number of ether oxygens (including phenoxy) is 1. The first-order valence-corrected chi connectivity index (χ1v) is 4.59. The lowest BCUT2D eigenvalue weighted by molar-refractivity contribution is -0.137. The molecule has 0 spiro atoms. The molecule has 0 unspecified atom stereocenters. The minimum Gasteiger partial charge on any atom is -0.435 e. The number of nitrogens with two attached hydrogens (primary N) is 1. The summed E-state index contributed by atoms with van der Waals surface area (Å²) in [4.78, 5) is 11.1. The van der Waals surface area contributed by atoms with E-state index in [0.29, 0.717) is 12.1 Å². The average Bonchev–Trinajstić information content (AvgIpc) is 2.12. The number of rotatable bonds is 3. The van der Waals surface area contributed by atoms with Crippen LogP contribution in [0, 0.1) is 0 Å². The van der Waals surface area contributed by atoms with Crippen LogP contribution in [-0.2, 0) is 6.18 Å². The standard InChI is InChI=1S/C10H8F5NO2/c1-4(17)6-2-5(18-9(11)12)3-7(16)8(6)10(13,14)15/h2-3,9H,16H2,1H3. The van der Waals surface area contributed by atoms with Gasteiger partial charge in [0.1, 0.15) is 5.75 Å². The number of halogens is 5. The smallest absolute Gasteiger partial charge is 0.419 e. The molecule has 100 valence electrons. The van der Waals surface area contributed by atoms with Crippen LogP contribution >= 0.6 is 0 Å². The molecule has 8 heteroatoms. The zero-order valence-electron chi connectivity index (χ0n) is 9.02. The third-order valence-corrected chi connectivity index (χ3v) is 2.03. The van der Waals surface area contributed by atoms with Gasteiger partial charge in [-0.3, -0.25) is 4.79 Å². The maximum absolute atomic E-state index is 12.6. The Hall–Kier alpha value is -1.86. The van der Waals surface area contributed by atoms with Gasteiger partial charge >= 0.3 is 12.8 Å². The Bertz CT molecular complexity index is 470. The van der Waals surface area contributed by atoms with Crippen molar-refractivity contribution in [1.29, 1.82) is 0 Å². The molecule has 0 radical (unpaired) electrons. The molecule has 0 aliphatic rings. The molecule has 0 atom stereocenters. The lowest BCUT2D eigenvalue weighted by Crippen LogP contribution is -2.15. The fraction of sp³-hybridized carbons (Fsp3) is 0.300. The van der Waals surface area contributed by atoms with Gasteiger partial charge in [0, 0.05) is 17.3 Å². The van der Waals surface area contributed by atoms with Gasteiger partial charge in [0.2, 0.25) is 0 Å². The van der Waals surface area contributed by atoms with E-state index in [4.69, 9.17) is 5.73 Å². The van der Waals surface area contributed by atoms with Gasteiger partial charge in [-0.2, -0.15) is 22.0 Å². The highest BCUT2D eigenvalue weighted by Gasteiger charge is 2.37. The molecule has 0 fully saturated rings. The zero-order chi connectivity index (χ0) is 14.1. The van der Waals surface area contributed by atoms with Crippen molar-refractivity contribution in [2.24, 2.45) is 0 Å². The highest BCUT2D eigenvalue weighted by Crippen LogP contribution is 2.38. The van der Waals surface area contributed by atoms with Crippen molar-refractivity contribution in [3.63, 3.8) is 0 Å². The van der Waals surface area contributed by atoms with Crippen LogP contribution in [-0.4, -0.2) is 12.4 Å². The summed E-state index contributed by atoms with van der Waals surface area (Å²) >= 11 is 0. The first-order chi connectivity index (χ1) is 8.12. The van der Waals surface area contributed by atoms with Crippen molar-refractivity contribution in [3.05, 3.63) is 23.3 Å². The second kappa shape index (κ2) is 4.79. The molecule has 0 aromatic heterocycles. The molecule has 1 aromatic carbocycles. The fourth-order valence-electron chi connectivity index (χ4n) is 1.40. The number of anilines is 1. The molecule has 18 heavy (non-hydrogen) atoms. The minimum absolute atomic E-state index is 0.591. The largest absolute Gasteiger partial charge is 0.435 e. The van der Waals surface area contributed by atoms with E-state index >= 15 is 0 Å². The number of hydrogen-bond donors (Lipinski definition) is 1. The summed E-state index contributed by atoms with van der Waals surface area (Å²) in [5.74, 6) is -1.55. The second-order valence-electron chi connectivity index (χ2n) is 3.37. The molecule has 0 bridgehead atoms. The quantitative estimate of drug-likeness (QED) is 0.521. The molecule has 1 aromatic rings. The molecular formula is C10H8F5NO2. The van der Waals surface area contributed by atoms with Crippen molar-refractivity contribution in [2.45, 2.75) is 19.7 Å². The summed E-state index contributed by atoms with van der Waals surface area (Å²) in [5.41, 5.74) is 2.13. The predicted molar refractivity (Wildman–Crippen MR) is 52.5 cm³/mol. The summed E-state index contributed by atoms with van der Waals surface area (Å²) in [6, 6.07) is 1.19. The Morgan fingerprint density at radius 1 is 1.33 bits per heavy atom. The molecule has 0 aliphatic carbocycles. The number of nitrogen functional groups attached to an aromatic ring is 1. The van der Waals surface area contributed by atoms with Crippen molar-refractivity contribution >= 4 is 11.5 Å². The predicted octanol–water partition coefficient (Wildman–Crippen LogP) is 3.09. The third kappa shape index (κ3) is 3.08. The molecule has 3 nitrogen and oxygen atoms in total. The zero-order valence-corrected chi connectivity index (χ0v) is 9.02. The number of carbonyl (C=O) groups is 1. The maximum atomic E-state index is 12.6. The van der Waals surface area contributed by atoms with E-state index in [1.807, 2.05) is 0 Å². The Balaban J connectivity index is 3.41. The first kappa shape index (κ1) is 14.2. The Morgan fingerprint density at radius 2 is 1.89 bits per heavy atom. The number of alkyl halides is 5. The van der Waals surface area contributed by atoms with Gasteiger partial charge in [-0.05, 0) is 13.0 Å². The van der Waals surface area contributed by atoms with E-state index in [9.17, 15) is 26.7 Å². The van der Waals surface area contributed by atoms with Crippen LogP contribution in [0.5, 0.6) is 5.75 Å². The topological polar surface area (TPSA) is 52.3 Å². The van der Waals surface area contributed by atoms with Crippen LogP contribution in [0.3, 0.4) is 0 Å². The van der Waals surface area contributed by atoms with E-state index in [1.165, 1.54) is 0 Å². The monoisotopic (exact) mass is 269 g/mol. The normalized spacial score (nSPS) is 11.7. The highest BCUT2D eigenvalue weighted by atomic mass is 19.4. The van der Waals surface area contributed by atoms with Crippen LogP contribution in [0.2, 0.25) is 0 Å². The lowest BCUT2D eigenvalue weighted by Gasteiger charge is -2.15.